The van der Waals surface area contributed by atoms with Crippen LogP contribution in [0.15, 0.2) is 12.4 Å². The molecule has 1 aliphatic carbocycles. The minimum Gasteiger partial charge on any atom is -0.353 e. The molecule has 21 heavy (non-hydrogen) atoms. The summed E-state index contributed by atoms with van der Waals surface area (Å²) in [6.45, 7) is 10.7. The third-order valence-electron chi connectivity index (χ3n) is 4.25. The van der Waals surface area contributed by atoms with E-state index >= 15 is 0 Å². The summed E-state index contributed by atoms with van der Waals surface area (Å²) in [4.78, 5) is 14.1. The summed E-state index contributed by atoms with van der Waals surface area (Å²) < 4.78 is 0. The molecule has 116 valence electrons. The molecule has 0 spiro atoms. The SMILES string of the molecule is CC(C)CNCc1cnc(N2CCN(C3CC3)CC2)cn1. The van der Waals surface area contributed by atoms with Crippen LogP contribution in [0.25, 0.3) is 0 Å². The number of aromatic nitrogens is 2. The van der Waals surface area contributed by atoms with Gasteiger partial charge in [-0.05, 0) is 25.3 Å². The molecule has 0 aromatic carbocycles. The molecule has 5 nitrogen and oxygen atoms in total. The van der Waals surface area contributed by atoms with Crippen molar-refractivity contribution in [3.05, 3.63) is 18.1 Å². The lowest BCUT2D eigenvalue weighted by Gasteiger charge is -2.35. The molecule has 0 radical (unpaired) electrons. The van der Waals surface area contributed by atoms with Crippen LogP contribution in [-0.4, -0.2) is 53.6 Å². The number of nitrogens with zero attached hydrogens (tertiary/aromatic N) is 4. The van der Waals surface area contributed by atoms with Crippen molar-refractivity contribution >= 4 is 5.82 Å². The van der Waals surface area contributed by atoms with Crippen LogP contribution < -0.4 is 10.2 Å². The van der Waals surface area contributed by atoms with E-state index in [4.69, 9.17) is 0 Å². The predicted molar refractivity (Wildman–Crippen MR) is 85.4 cm³/mol. The lowest BCUT2D eigenvalue weighted by molar-refractivity contribution is 0.247. The van der Waals surface area contributed by atoms with E-state index in [1.807, 2.05) is 12.4 Å². The average Bonchev–Trinajstić information content (AvgIpc) is 3.33. The second-order valence-corrected chi connectivity index (χ2v) is 6.64. The lowest BCUT2D eigenvalue weighted by Crippen LogP contribution is -2.47. The smallest absolute Gasteiger partial charge is 0.147 e. The largest absolute Gasteiger partial charge is 0.353 e. The molecule has 3 rings (SSSR count). The molecule has 5 heteroatoms. The van der Waals surface area contributed by atoms with Crippen molar-refractivity contribution < 1.29 is 0 Å². The molecule has 0 atom stereocenters. The number of piperazine rings is 1. The molecular formula is C16H27N5. The van der Waals surface area contributed by atoms with Crippen LogP contribution >= 0.6 is 0 Å². The van der Waals surface area contributed by atoms with Gasteiger partial charge in [0.2, 0.25) is 0 Å². The summed E-state index contributed by atoms with van der Waals surface area (Å²) in [5, 5.41) is 3.40. The zero-order valence-electron chi connectivity index (χ0n) is 13.3. The first-order valence-electron chi connectivity index (χ1n) is 8.23. The highest BCUT2D eigenvalue weighted by Crippen LogP contribution is 2.28. The molecule has 1 saturated heterocycles. The Balaban J connectivity index is 1.47. The van der Waals surface area contributed by atoms with E-state index in [0.29, 0.717) is 5.92 Å². The van der Waals surface area contributed by atoms with E-state index in [1.165, 1.54) is 25.9 Å². The number of hydrogen-bond donors (Lipinski definition) is 1. The second kappa shape index (κ2) is 6.71. The van der Waals surface area contributed by atoms with Crippen molar-refractivity contribution in [1.29, 1.82) is 0 Å². The molecule has 0 unspecified atom stereocenters. The molecule has 2 aliphatic rings. The number of anilines is 1. The van der Waals surface area contributed by atoms with Gasteiger partial charge in [0.1, 0.15) is 5.82 Å². The van der Waals surface area contributed by atoms with Gasteiger partial charge in [-0.2, -0.15) is 0 Å². The zero-order chi connectivity index (χ0) is 14.7. The Labute approximate surface area is 127 Å². The fraction of sp³-hybridized carbons (Fsp3) is 0.750. The van der Waals surface area contributed by atoms with Crippen LogP contribution in [0.2, 0.25) is 0 Å². The number of rotatable bonds is 6. The number of nitrogens with one attached hydrogen (secondary N) is 1. The first-order valence-corrected chi connectivity index (χ1v) is 8.23. The van der Waals surface area contributed by atoms with Crippen LogP contribution in [0.5, 0.6) is 0 Å². The Bertz CT molecular complexity index is 432. The van der Waals surface area contributed by atoms with E-state index in [1.54, 1.807) is 0 Å². The molecule has 2 fully saturated rings. The Kier molecular flexibility index (Phi) is 4.70. The van der Waals surface area contributed by atoms with Gasteiger partial charge < -0.3 is 10.2 Å². The molecule has 1 aliphatic heterocycles. The van der Waals surface area contributed by atoms with E-state index in [9.17, 15) is 0 Å². The maximum absolute atomic E-state index is 4.59. The highest BCUT2D eigenvalue weighted by molar-refractivity contribution is 5.36. The van der Waals surface area contributed by atoms with Crippen molar-refractivity contribution in [2.75, 3.05) is 37.6 Å². The first-order chi connectivity index (χ1) is 10.2. The molecule has 0 amide bonds. The number of hydrogen-bond acceptors (Lipinski definition) is 5. The molecule has 0 bridgehead atoms. The standard InChI is InChI=1S/C16H27N5/c1-13(2)9-17-10-14-11-19-16(12-18-14)21-7-5-20(6-8-21)15-3-4-15/h11-13,15,17H,3-10H2,1-2H3. The van der Waals surface area contributed by atoms with Crippen molar-refractivity contribution in [1.82, 2.24) is 20.2 Å². The van der Waals surface area contributed by atoms with Crippen LogP contribution in [0.4, 0.5) is 5.82 Å². The first kappa shape index (κ1) is 14.7. The summed E-state index contributed by atoms with van der Waals surface area (Å²) in [6, 6.07) is 0.882. The monoisotopic (exact) mass is 289 g/mol. The second-order valence-electron chi connectivity index (χ2n) is 6.64. The van der Waals surface area contributed by atoms with E-state index in [0.717, 1.165) is 43.7 Å². The van der Waals surface area contributed by atoms with Gasteiger partial charge in [0, 0.05) is 38.8 Å². The van der Waals surface area contributed by atoms with Gasteiger partial charge in [-0.25, -0.2) is 4.98 Å². The third kappa shape index (κ3) is 4.14. The molecule has 1 N–H and O–H groups in total. The van der Waals surface area contributed by atoms with E-state index in [-0.39, 0.29) is 0 Å². The van der Waals surface area contributed by atoms with E-state index in [2.05, 4.69) is 38.9 Å². The highest BCUT2D eigenvalue weighted by atomic mass is 15.3. The van der Waals surface area contributed by atoms with Gasteiger partial charge in [-0.1, -0.05) is 13.8 Å². The van der Waals surface area contributed by atoms with Gasteiger partial charge in [0.25, 0.3) is 0 Å². The lowest BCUT2D eigenvalue weighted by atomic mass is 10.2. The maximum Gasteiger partial charge on any atom is 0.147 e. The predicted octanol–water partition coefficient (Wildman–Crippen LogP) is 1.51. The summed E-state index contributed by atoms with van der Waals surface area (Å²) in [5.41, 5.74) is 1.02. The van der Waals surface area contributed by atoms with Crippen molar-refractivity contribution in [3.63, 3.8) is 0 Å². The van der Waals surface area contributed by atoms with Crippen LogP contribution in [0, 0.1) is 5.92 Å². The van der Waals surface area contributed by atoms with Crippen molar-refractivity contribution in [2.45, 2.75) is 39.3 Å². The summed E-state index contributed by atoms with van der Waals surface area (Å²) in [6.07, 6.45) is 6.64. The molecular weight excluding hydrogens is 262 g/mol. The van der Waals surface area contributed by atoms with Gasteiger partial charge in [-0.15, -0.1) is 0 Å². The molecule has 2 heterocycles. The van der Waals surface area contributed by atoms with Gasteiger partial charge in [0.05, 0.1) is 18.1 Å². The fourth-order valence-electron chi connectivity index (χ4n) is 2.85. The van der Waals surface area contributed by atoms with Crippen LogP contribution in [-0.2, 0) is 6.54 Å². The highest BCUT2D eigenvalue weighted by Gasteiger charge is 2.31. The van der Waals surface area contributed by atoms with Gasteiger partial charge in [-0.3, -0.25) is 9.88 Å². The Hall–Kier alpha value is -1.20. The van der Waals surface area contributed by atoms with E-state index < -0.39 is 0 Å². The summed E-state index contributed by atoms with van der Waals surface area (Å²) in [5.74, 6) is 1.69. The third-order valence-corrected chi connectivity index (χ3v) is 4.25. The van der Waals surface area contributed by atoms with Crippen LogP contribution in [0.1, 0.15) is 32.4 Å². The normalized spacial score (nSPS) is 20.2. The van der Waals surface area contributed by atoms with Crippen LogP contribution in [0.3, 0.4) is 0 Å². The Morgan fingerprint density at radius 1 is 1.14 bits per heavy atom. The van der Waals surface area contributed by atoms with Gasteiger partial charge >= 0.3 is 0 Å². The summed E-state index contributed by atoms with van der Waals surface area (Å²) >= 11 is 0. The van der Waals surface area contributed by atoms with Gasteiger partial charge in [0.15, 0.2) is 0 Å². The molecule has 1 saturated carbocycles. The summed E-state index contributed by atoms with van der Waals surface area (Å²) in [7, 11) is 0. The Morgan fingerprint density at radius 3 is 2.48 bits per heavy atom. The topological polar surface area (TPSA) is 44.3 Å². The molecule has 1 aromatic heterocycles. The maximum atomic E-state index is 4.59. The fourth-order valence-corrected chi connectivity index (χ4v) is 2.85. The quantitative estimate of drug-likeness (QED) is 0.860. The van der Waals surface area contributed by atoms with Crippen molar-refractivity contribution in [3.8, 4) is 0 Å². The minimum atomic E-state index is 0.667. The minimum absolute atomic E-state index is 0.667. The molecule has 1 aromatic rings. The Morgan fingerprint density at radius 2 is 1.90 bits per heavy atom. The average molecular weight is 289 g/mol. The zero-order valence-corrected chi connectivity index (χ0v) is 13.3. The van der Waals surface area contributed by atoms with Crippen molar-refractivity contribution in [2.24, 2.45) is 5.92 Å².